The summed E-state index contributed by atoms with van der Waals surface area (Å²) in [5.41, 5.74) is 0.719. The van der Waals surface area contributed by atoms with Gasteiger partial charge in [0, 0.05) is 20.1 Å². The summed E-state index contributed by atoms with van der Waals surface area (Å²) >= 11 is 0. The van der Waals surface area contributed by atoms with Crippen molar-refractivity contribution in [3.8, 4) is 0 Å². The predicted octanol–water partition coefficient (Wildman–Crippen LogP) is 2.63. The van der Waals surface area contributed by atoms with E-state index in [0.29, 0.717) is 5.56 Å². The summed E-state index contributed by atoms with van der Waals surface area (Å²) in [5.74, 6) is -1.04. The van der Waals surface area contributed by atoms with Crippen LogP contribution in [0.4, 0.5) is 0 Å². The van der Waals surface area contributed by atoms with Crippen LogP contribution in [0, 0.1) is 6.92 Å². The van der Waals surface area contributed by atoms with Crippen molar-refractivity contribution in [3.05, 3.63) is 29.3 Å². The first kappa shape index (κ1) is 22.4. The molecule has 8 heteroatoms. The highest BCUT2D eigenvalue weighted by molar-refractivity contribution is 7.89. The van der Waals surface area contributed by atoms with E-state index in [1.54, 1.807) is 13.0 Å². The van der Waals surface area contributed by atoms with Crippen molar-refractivity contribution in [2.45, 2.75) is 69.4 Å². The van der Waals surface area contributed by atoms with Crippen LogP contribution in [0.5, 0.6) is 0 Å². The number of carbonyl (C=O) groups excluding carboxylic acids is 2. The molecule has 1 amide bonds. The minimum Gasteiger partial charge on any atom is -0.449 e. The van der Waals surface area contributed by atoms with Gasteiger partial charge < -0.3 is 10.1 Å². The van der Waals surface area contributed by atoms with Crippen molar-refractivity contribution < 1.29 is 22.7 Å². The number of carbonyl (C=O) groups is 2. The normalized spacial score (nSPS) is 17.0. The second-order valence-corrected chi connectivity index (χ2v) is 9.66. The molecule has 1 fully saturated rings. The lowest BCUT2D eigenvalue weighted by molar-refractivity contribution is -0.129. The van der Waals surface area contributed by atoms with Crippen LogP contribution >= 0.6 is 0 Å². The largest absolute Gasteiger partial charge is 0.449 e. The molecular weight excluding hydrogens is 380 g/mol. The molecule has 1 aliphatic rings. The Hall–Kier alpha value is -1.93. The molecule has 0 saturated heterocycles. The summed E-state index contributed by atoms with van der Waals surface area (Å²) in [6, 6.07) is 4.42. The van der Waals surface area contributed by atoms with Gasteiger partial charge in [0.25, 0.3) is 5.91 Å². The second kappa shape index (κ2) is 9.52. The number of rotatable bonds is 6. The number of nitrogens with one attached hydrogen (secondary N) is 1. The zero-order chi connectivity index (χ0) is 20.9. The smallest absolute Gasteiger partial charge is 0.339 e. The number of hydrogen-bond acceptors (Lipinski definition) is 5. The number of hydrogen-bond donors (Lipinski definition) is 1. The van der Waals surface area contributed by atoms with Gasteiger partial charge in [-0.15, -0.1) is 0 Å². The van der Waals surface area contributed by atoms with E-state index < -0.39 is 22.1 Å². The van der Waals surface area contributed by atoms with Crippen molar-refractivity contribution in [1.82, 2.24) is 9.62 Å². The van der Waals surface area contributed by atoms with Crippen molar-refractivity contribution >= 4 is 21.9 Å². The lowest BCUT2D eigenvalue weighted by Crippen LogP contribution is -2.41. The maximum absolute atomic E-state index is 12.6. The first-order valence-electron chi connectivity index (χ1n) is 9.67. The Kier molecular flexibility index (Phi) is 7.60. The molecule has 1 atom stereocenters. The van der Waals surface area contributed by atoms with Crippen molar-refractivity contribution in [2.75, 3.05) is 14.1 Å². The monoisotopic (exact) mass is 410 g/mol. The molecule has 7 nitrogen and oxygen atoms in total. The number of amides is 1. The van der Waals surface area contributed by atoms with Gasteiger partial charge in [0.2, 0.25) is 10.0 Å². The van der Waals surface area contributed by atoms with E-state index in [0.717, 1.165) is 30.0 Å². The molecule has 0 heterocycles. The highest BCUT2D eigenvalue weighted by atomic mass is 32.2. The fraction of sp³-hybridized carbons (Fsp3) is 0.600. The Labute approximate surface area is 167 Å². The molecule has 0 radical (unpaired) electrons. The topological polar surface area (TPSA) is 92.8 Å². The molecule has 1 aromatic rings. The van der Waals surface area contributed by atoms with Crippen LogP contribution in [-0.4, -0.2) is 50.8 Å². The summed E-state index contributed by atoms with van der Waals surface area (Å²) in [5, 5.41) is 2.96. The third kappa shape index (κ3) is 5.54. The number of sulfonamides is 1. The van der Waals surface area contributed by atoms with Crippen molar-refractivity contribution in [2.24, 2.45) is 0 Å². The molecule has 1 aromatic carbocycles. The lowest BCUT2D eigenvalue weighted by Gasteiger charge is -2.20. The lowest BCUT2D eigenvalue weighted by atomic mass is 10.1. The van der Waals surface area contributed by atoms with E-state index in [1.807, 2.05) is 0 Å². The highest BCUT2D eigenvalue weighted by Crippen LogP contribution is 2.20. The minimum atomic E-state index is -3.67. The molecule has 156 valence electrons. The average molecular weight is 411 g/mol. The number of ether oxygens (including phenoxy) is 1. The third-order valence-electron chi connectivity index (χ3n) is 5.06. The fourth-order valence-corrected chi connectivity index (χ4v) is 4.14. The minimum absolute atomic E-state index is 0.00519. The Morgan fingerprint density at radius 3 is 2.32 bits per heavy atom. The van der Waals surface area contributed by atoms with Crippen molar-refractivity contribution in [1.29, 1.82) is 0 Å². The summed E-state index contributed by atoms with van der Waals surface area (Å²) in [4.78, 5) is 25.0. The summed E-state index contributed by atoms with van der Waals surface area (Å²) < 4.78 is 31.0. The third-order valence-corrected chi connectivity index (χ3v) is 6.87. The van der Waals surface area contributed by atoms with Crippen LogP contribution in [-0.2, 0) is 19.6 Å². The maximum Gasteiger partial charge on any atom is 0.339 e. The van der Waals surface area contributed by atoms with Crippen LogP contribution in [0.1, 0.15) is 61.4 Å². The van der Waals surface area contributed by atoms with E-state index in [9.17, 15) is 18.0 Å². The Morgan fingerprint density at radius 2 is 1.75 bits per heavy atom. The van der Waals surface area contributed by atoms with Gasteiger partial charge in [0.05, 0.1) is 10.5 Å². The quantitative estimate of drug-likeness (QED) is 0.575. The Bertz CT molecular complexity index is 812. The zero-order valence-corrected chi connectivity index (χ0v) is 17.8. The van der Waals surface area contributed by atoms with Gasteiger partial charge in [-0.2, -0.15) is 0 Å². The van der Waals surface area contributed by atoms with E-state index in [4.69, 9.17) is 4.74 Å². The molecule has 1 aliphatic carbocycles. The molecule has 0 aromatic heterocycles. The SMILES string of the molecule is Cc1ccc(S(=O)(=O)N(C)C)cc1C(=O)O[C@H](C)C(=O)NC1CCCCCC1. The standard InChI is InChI=1S/C20H30N2O5S/c1-14-11-12-17(28(25,26)22(3)4)13-18(14)20(24)27-15(2)19(23)21-16-9-7-5-6-8-10-16/h11-13,15-16H,5-10H2,1-4H3,(H,21,23)/t15-/m1/s1. The van der Waals surface area contributed by atoms with Crippen LogP contribution < -0.4 is 5.32 Å². The number of aryl methyl sites for hydroxylation is 1. The summed E-state index contributed by atoms with van der Waals surface area (Å²) in [6.45, 7) is 3.22. The van der Waals surface area contributed by atoms with Crippen LogP contribution in [0.15, 0.2) is 23.1 Å². The maximum atomic E-state index is 12.6. The van der Waals surface area contributed by atoms with Gasteiger partial charge in [-0.1, -0.05) is 31.7 Å². The fourth-order valence-electron chi connectivity index (χ4n) is 3.21. The summed E-state index contributed by atoms with van der Waals surface area (Å²) in [6.07, 6.45) is 5.47. The van der Waals surface area contributed by atoms with Gasteiger partial charge in [-0.25, -0.2) is 17.5 Å². The number of nitrogens with zero attached hydrogens (tertiary/aromatic N) is 1. The van der Waals surface area contributed by atoms with Gasteiger partial charge in [0.1, 0.15) is 0 Å². The van der Waals surface area contributed by atoms with Crippen molar-refractivity contribution in [3.63, 3.8) is 0 Å². The Balaban J connectivity index is 2.08. The Morgan fingerprint density at radius 1 is 1.14 bits per heavy atom. The number of esters is 1. The summed E-state index contributed by atoms with van der Waals surface area (Å²) in [7, 11) is -0.823. The zero-order valence-electron chi connectivity index (χ0n) is 17.0. The molecule has 0 bridgehead atoms. The van der Waals surface area contributed by atoms with Crippen LogP contribution in [0.3, 0.4) is 0 Å². The molecule has 1 saturated carbocycles. The molecule has 28 heavy (non-hydrogen) atoms. The number of benzene rings is 1. The van der Waals surface area contributed by atoms with E-state index in [2.05, 4.69) is 5.32 Å². The molecular formula is C20H30N2O5S. The molecule has 0 spiro atoms. The van der Waals surface area contributed by atoms with Gasteiger partial charge >= 0.3 is 5.97 Å². The first-order valence-corrected chi connectivity index (χ1v) is 11.1. The molecule has 0 aliphatic heterocycles. The van der Waals surface area contributed by atoms with E-state index >= 15 is 0 Å². The predicted molar refractivity (Wildman–Crippen MR) is 107 cm³/mol. The molecule has 1 N–H and O–H groups in total. The van der Waals surface area contributed by atoms with E-state index in [1.165, 1.54) is 46.0 Å². The van der Waals surface area contributed by atoms with Gasteiger partial charge in [-0.05, 0) is 44.4 Å². The first-order chi connectivity index (χ1) is 13.1. The van der Waals surface area contributed by atoms with Crippen LogP contribution in [0.25, 0.3) is 0 Å². The highest BCUT2D eigenvalue weighted by Gasteiger charge is 2.25. The second-order valence-electron chi connectivity index (χ2n) is 7.51. The van der Waals surface area contributed by atoms with E-state index in [-0.39, 0.29) is 22.4 Å². The van der Waals surface area contributed by atoms with Gasteiger partial charge in [0.15, 0.2) is 6.10 Å². The molecule has 0 unspecified atom stereocenters. The molecule has 2 rings (SSSR count). The van der Waals surface area contributed by atoms with Crippen LogP contribution in [0.2, 0.25) is 0 Å². The average Bonchev–Trinajstić information content (AvgIpc) is 2.90. The van der Waals surface area contributed by atoms with Gasteiger partial charge in [-0.3, -0.25) is 4.79 Å².